The van der Waals surface area contributed by atoms with Gasteiger partial charge in [-0.25, -0.2) is 0 Å². The van der Waals surface area contributed by atoms with Crippen molar-refractivity contribution >= 4 is 5.91 Å². The number of amides is 1. The summed E-state index contributed by atoms with van der Waals surface area (Å²) in [6.45, 7) is 10.5. The van der Waals surface area contributed by atoms with Gasteiger partial charge in [0.05, 0.1) is 6.54 Å². The highest BCUT2D eigenvalue weighted by atomic mass is 16.3. The minimum Gasteiger partial charge on any atom is -0.350 e. The first-order valence-electron chi connectivity index (χ1n) is 7.74. The Labute approximate surface area is 151 Å². The molecule has 140 valence electrons. The first kappa shape index (κ1) is 23.8. The van der Waals surface area contributed by atoms with Gasteiger partial charge in [-0.1, -0.05) is 12.3 Å². The first-order valence-corrected chi connectivity index (χ1v) is 7.74. The smallest absolute Gasteiger partial charge is 0.234 e. The van der Waals surface area contributed by atoms with Crippen LogP contribution in [0.1, 0.15) is 52.7 Å². The number of carbonyl (C=O) groups excluding carboxylic acids is 1. The fourth-order valence-electron chi connectivity index (χ4n) is 1.91. The molecule has 1 aliphatic heterocycles. The molecule has 0 aromatic carbocycles. The molecule has 0 saturated carbocycles. The van der Waals surface area contributed by atoms with E-state index in [0.29, 0.717) is 6.54 Å². The number of rotatable bonds is 2. The Morgan fingerprint density at radius 1 is 1.25 bits per heavy atom. The third-order valence-corrected chi connectivity index (χ3v) is 2.65. The van der Waals surface area contributed by atoms with Crippen LogP contribution in [0, 0.1) is 40.9 Å². The summed E-state index contributed by atoms with van der Waals surface area (Å²) in [5.74, 6) is 16.1. The summed E-state index contributed by atoms with van der Waals surface area (Å²) in [5.41, 5.74) is -0.104. The highest BCUT2D eigenvalue weighted by Gasteiger charge is 2.17. The van der Waals surface area contributed by atoms with E-state index in [1.165, 1.54) is 19.3 Å². The molecule has 6 nitrogen and oxygen atoms in total. The molecule has 1 saturated heterocycles. The van der Waals surface area contributed by atoms with Gasteiger partial charge in [0.2, 0.25) is 5.91 Å². The van der Waals surface area contributed by atoms with Crippen molar-refractivity contribution in [1.82, 2.24) is 10.2 Å². The summed E-state index contributed by atoms with van der Waals surface area (Å²) in [4.78, 5) is 22.1. The molecule has 0 radical (unpaired) electrons. The molecule has 1 fully saturated rings. The zero-order valence-corrected chi connectivity index (χ0v) is 15.1. The van der Waals surface area contributed by atoms with E-state index in [2.05, 4.69) is 45.7 Å². The molecule has 0 unspecified atom stereocenters. The Balaban J connectivity index is -0.0000000751. The standard InChI is InChI=1S/C11H22N2O.C7H4.H2N2O.4H2/c1-11(2,3)12-10(14)9-13-7-5-4-6-8-13;1-3-5-7-6-4-2;1-2-3;;;;/h4-9H2,1-3H3,(H,12,14);1H,2H3;(H2,1,3);4*1H. The van der Waals surface area contributed by atoms with Crippen molar-refractivity contribution in [2.75, 3.05) is 19.6 Å². The number of nitroso groups, excluding NO2 is 1. The molecule has 0 aromatic rings. The third kappa shape index (κ3) is 19.5. The Morgan fingerprint density at radius 2 is 1.79 bits per heavy atom. The van der Waals surface area contributed by atoms with Crippen molar-refractivity contribution in [1.29, 1.82) is 0 Å². The number of nitrogens with two attached hydrogens (primary N) is 1. The molecule has 0 spiro atoms. The fourth-order valence-corrected chi connectivity index (χ4v) is 1.91. The molecule has 0 bridgehead atoms. The maximum Gasteiger partial charge on any atom is 0.234 e. The predicted octanol–water partition coefficient (Wildman–Crippen LogP) is 2.64. The van der Waals surface area contributed by atoms with Crippen LogP contribution in [0.4, 0.5) is 0 Å². The maximum atomic E-state index is 11.6. The van der Waals surface area contributed by atoms with E-state index in [-0.39, 0.29) is 17.2 Å². The van der Waals surface area contributed by atoms with Crippen molar-refractivity contribution in [2.24, 2.45) is 11.1 Å². The first-order chi connectivity index (χ1) is 11.3. The second kappa shape index (κ2) is 15.4. The molecule has 1 amide bonds. The Bertz CT molecular complexity index is 532. The van der Waals surface area contributed by atoms with Gasteiger partial charge in [0.1, 0.15) is 0 Å². The van der Waals surface area contributed by atoms with Crippen LogP contribution in [0.5, 0.6) is 0 Å². The third-order valence-electron chi connectivity index (χ3n) is 2.65. The number of hydrogen-bond donors (Lipinski definition) is 2. The summed E-state index contributed by atoms with van der Waals surface area (Å²) in [6.07, 6.45) is 8.57. The quantitative estimate of drug-likeness (QED) is 0.350. The second-order valence-electron chi connectivity index (χ2n) is 6.01. The van der Waals surface area contributed by atoms with E-state index < -0.39 is 0 Å². The fraction of sp³-hybridized carbons (Fsp3) is 0.611. The Kier molecular flexibility index (Phi) is 15.3. The van der Waals surface area contributed by atoms with Crippen molar-refractivity contribution in [3.63, 3.8) is 0 Å². The lowest BCUT2D eigenvalue weighted by atomic mass is 10.1. The number of nitrogens with zero attached hydrogens (tertiary/aromatic N) is 2. The van der Waals surface area contributed by atoms with Crippen LogP contribution in [0.2, 0.25) is 0 Å². The normalized spacial score (nSPS) is 12.8. The Morgan fingerprint density at radius 3 is 2.21 bits per heavy atom. The van der Waals surface area contributed by atoms with Crippen LogP contribution in [0.3, 0.4) is 0 Å². The van der Waals surface area contributed by atoms with Gasteiger partial charge in [0.15, 0.2) is 0 Å². The van der Waals surface area contributed by atoms with Crippen LogP contribution in [-0.2, 0) is 4.79 Å². The number of likely N-dealkylation sites (tertiary alicyclic amines) is 1. The van der Waals surface area contributed by atoms with Gasteiger partial charge in [0, 0.05) is 16.5 Å². The van der Waals surface area contributed by atoms with Gasteiger partial charge < -0.3 is 5.32 Å². The van der Waals surface area contributed by atoms with Gasteiger partial charge in [0.25, 0.3) is 0 Å². The molecule has 0 atom stereocenters. The summed E-state index contributed by atoms with van der Waals surface area (Å²) in [7, 11) is 0. The lowest BCUT2D eigenvalue weighted by molar-refractivity contribution is -0.123. The molecule has 0 aliphatic carbocycles. The van der Waals surface area contributed by atoms with Crippen LogP contribution in [-0.4, -0.2) is 36.0 Å². The van der Waals surface area contributed by atoms with Crippen LogP contribution in [0.25, 0.3) is 0 Å². The predicted molar refractivity (Wildman–Crippen MR) is 107 cm³/mol. The van der Waals surface area contributed by atoms with Crippen LogP contribution in [0.15, 0.2) is 5.29 Å². The number of terminal acetylenes is 1. The van der Waals surface area contributed by atoms with Crippen LogP contribution >= 0.6 is 0 Å². The van der Waals surface area contributed by atoms with Crippen molar-refractivity contribution in [2.45, 2.75) is 52.5 Å². The SMILES string of the molecule is C#CC#CC#CC.CC(C)(C)NC(=O)CN1CCCCC1.NN=O.[HH].[HH].[HH].[HH]. The summed E-state index contributed by atoms with van der Waals surface area (Å²) >= 11 is 0. The molecule has 3 N–H and O–H groups in total. The van der Waals surface area contributed by atoms with E-state index in [1.54, 1.807) is 12.2 Å². The highest BCUT2D eigenvalue weighted by molar-refractivity contribution is 5.78. The summed E-state index contributed by atoms with van der Waals surface area (Å²) < 4.78 is 0. The van der Waals surface area contributed by atoms with Gasteiger partial charge in [-0.15, -0.1) is 11.3 Å². The van der Waals surface area contributed by atoms with Gasteiger partial charge in [-0.3, -0.25) is 15.5 Å². The van der Waals surface area contributed by atoms with Gasteiger partial charge in [-0.05, 0) is 77.3 Å². The van der Waals surface area contributed by atoms with Gasteiger partial charge in [-0.2, -0.15) is 0 Å². The monoisotopic (exact) mass is 340 g/mol. The number of hydrogen-bond acceptors (Lipinski definition) is 4. The molecule has 1 rings (SSSR count). The van der Waals surface area contributed by atoms with Crippen molar-refractivity contribution < 1.29 is 10.5 Å². The van der Waals surface area contributed by atoms with E-state index >= 15 is 0 Å². The summed E-state index contributed by atoms with van der Waals surface area (Å²) in [6, 6.07) is 0. The van der Waals surface area contributed by atoms with E-state index in [1.807, 2.05) is 20.8 Å². The summed E-state index contributed by atoms with van der Waals surface area (Å²) in [5, 5.41) is 4.74. The average Bonchev–Trinajstić information content (AvgIpc) is 2.48. The minimum absolute atomic E-state index is 0. The molecule has 24 heavy (non-hydrogen) atoms. The number of nitrogens with one attached hydrogen (secondary N) is 1. The topological polar surface area (TPSA) is 87.8 Å². The van der Waals surface area contributed by atoms with E-state index in [9.17, 15) is 4.79 Å². The highest BCUT2D eigenvalue weighted by Crippen LogP contribution is 2.08. The van der Waals surface area contributed by atoms with Crippen LogP contribution < -0.4 is 11.2 Å². The molecule has 0 aromatic heterocycles. The second-order valence-corrected chi connectivity index (χ2v) is 6.01. The number of piperidine rings is 1. The molecular weight excluding hydrogens is 304 g/mol. The maximum absolute atomic E-state index is 11.6. The number of carbonyl (C=O) groups is 1. The molecule has 6 heteroatoms. The largest absolute Gasteiger partial charge is 0.350 e. The zero-order chi connectivity index (χ0) is 18.8. The Hall–Kier alpha value is -2.49. The molecular formula is C18H36N4O2. The van der Waals surface area contributed by atoms with E-state index in [0.717, 1.165) is 13.1 Å². The molecule has 1 aliphatic rings. The molecule has 1 heterocycles. The van der Waals surface area contributed by atoms with E-state index in [4.69, 9.17) is 11.3 Å². The zero-order valence-electron chi connectivity index (χ0n) is 15.1. The van der Waals surface area contributed by atoms with Gasteiger partial charge >= 0.3 is 0 Å². The lowest BCUT2D eigenvalue weighted by Gasteiger charge is -2.28. The van der Waals surface area contributed by atoms with Crippen molar-refractivity contribution in [3.05, 3.63) is 4.91 Å². The average molecular weight is 341 g/mol. The minimum atomic E-state index is -0.104. The lowest BCUT2D eigenvalue weighted by Crippen LogP contribution is -2.46. The van der Waals surface area contributed by atoms with Crippen molar-refractivity contribution in [3.8, 4) is 36.0 Å².